The number of fused-ring (bicyclic) bond motifs is 1. The maximum Gasteiger partial charge on any atom is 0.322 e. The molecule has 1 aliphatic heterocycles. The Kier molecular flexibility index (Phi) is 4.97. The number of carbonyl (C=O) groups excluding carboxylic acids is 3. The molecule has 1 fully saturated rings. The van der Waals surface area contributed by atoms with Gasteiger partial charge in [-0.3, -0.25) is 14.9 Å². The Labute approximate surface area is 144 Å². The highest BCUT2D eigenvalue weighted by Crippen LogP contribution is 2.17. The molecular weight excluding hydrogens is 324 g/mol. The SMILES string of the molecule is Cc1ccc2nc(CCCNC(=O)C3CCC(=O)NC(=O)N3)oc2c1. The molecule has 1 unspecified atom stereocenters. The predicted molar refractivity (Wildman–Crippen MR) is 89.8 cm³/mol. The zero-order valence-electron chi connectivity index (χ0n) is 13.9. The molecule has 0 bridgehead atoms. The Morgan fingerprint density at radius 2 is 2.24 bits per heavy atom. The average Bonchev–Trinajstić information content (AvgIpc) is 2.88. The maximum absolute atomic E-state index is 12.1. The molecule has 3 rings (SSSR count). The number of rotatable bonds is 5. The number of oxazole rings is 1. The molecule has 1 saturated heterocycles. The molecule has 1 atom stereocenters. The summed E-state index contributed by atoms with van der Waals surface area (Å²) in [7, 11) is 0. The fraction of sp³-hybridized carbons (Fsp3) is 0.412. The fourth-order valence-corrected chi connectivity index (χ4v) is 2.69. The highest BCUT2D eigenvalue weighted by atomic mass is 16.3. The topological polar surface area (TPSA) is 113 Å². The molecule has 2 aromatic rings. The van der Waals surface area contributed by atoms with Gasteiger partial charge in [0.15, 0.2) is 11.5 Å². The molecule has 3 N–H and O–H groups in total. The number of urea groups is 1. The van der Waals surface area contributed by atoms with Crippen LogP contribution in [0.4, 0.5) is 4.79 Å². The molecule has 8 heteroatoms. The fourth-order valence-electron chi connectivity index (χ4n) is 2.69. The van der Waals surface area contributed by atoms with Crippen LogP contribution in [0.3, 0.4) is 0 Å². The van der Waals surface area contributed by atoms with Gasteiger partial charge in [0.2, 0.25) is 11.8 Å². The third-order valence-electron chi connectivity index (χ3n) is 3.99. The minimum Gasteiger partial charge on any atom is -0.441 e. The summed E-state index contributed by atoms with van der Waals surface area (Å²) in [5.74, 6) is -0.0375. The second-order valence-electron chi connectivity index (χ2n) is 6.09. The molecule has 1 aliphatic rings. The summed E-state index contributed by atoms with van der Waals surface area (Å²) in [6.07, 6.45) is 1.69. The number of imide groups is 1. The molecule has 4 amide bonds. The van der Waals surface area contributed by atoms with Crippen LogP contribution in [-0.4, -0.2) is 35.4 Å². The van der Waals surface area contributed by atoms with E-state index in [1.807, 2.05) is 25.1 Å². The van der Waals surface area contributed by atoms with Crippen LogP contribution in [0.2, 0.25) is 0 Å². The monoisotopic (exact) mass is 344 g/mol. The minimum absolute atomic E-state index is 0.138. The van der Waals surface area contributed by atoms with Crippen molar-refractivity contribution in [2.75, 3.05) is 6.54 Å². The van der Waals surface area contributed by atoms with Crippen LogP contribution in [0, 0.1) is 6.92 Å². The van der Waals surface area contributed by atoms with Crippen molar-refractivity contribution >= 4 is 28.9 Å². The molecule has 25 heavy (non-hydrogen) atoms. The zero-order chi connectivity index (χ0) is 17.8. The second-order valence-corrected chi connectivity index (χ2v) is 6.09. The first kappa shape index (κ1) is 16.9. The van der Waals surface area contributed by atoms with E-state index < -0.39 is 12.1 Å². The number of carbonyl (C=O) groups is 3. The largest absolute Gasteiger partial charge is 0.441 e. The molecule has 8 nitrogen and oxygen atoms in total. The van der Waals surface area contributed by atoms with Gasteiger partial charge in [-0.25, -0.2) is 9.78 Å². The van der Waals surface area contributed by atoms with E-state index in [1.54, 1.807) is 0 Å². The van der Waals surface area contributed by atoms with E-state index in [0.717, 1.165) is 16.7 Å². The van der Waals surface area contributed by atoms with Crippen molar-refractivity contribution in [1.82, 2.24) is 20.9 Å². The van der Waals surface area contributed by atoms with E-state index in [1.165, 1.54) is 0 Å². The number of aryl methyl sites for hydroxylation is 2. The van der Waals surface area contributed by atoms with E-state index >= 15 is 0 Å². The number of benzene rings is 1. The second kappa shape index (κ2) is 7.33. The van der Waals surface area contributed by atoms with Crippen molar-refractivity contribution in [3.05, 3.63) is 29.7 Å². The van der Waals surface area contributed by atoms with Gasteiger partial charge in [0.25, 0.3) is 0 Å². The standard InChI is InChI=1S/C17H20N4O4/c1-10-4-5-11-13(9-10)25-15(19-11)3-2-8-18-16(23)12-6-7-14(22)21-17(24)20-12/h4-5,9,12H,2-3,6-8H2,1H3,(H,18,23)(H2,20,21,22,24). The summed E-state index contributed by atoms with van der Waals surface area (Å²) in [6, 6.07) is 4.51. The molecule has 2 heterocycles. The van der Waals surface area contributed by atoms with Crippen LogP contribution >= 0.6 is 0 Å². The van der Waals surface area contributed by atoms with E-state index in [-0.39, 0.29) is 24.7 Å². The van der Waals surface area contributed by atoms with Gasteiger partial charge in [0.1, 0.15) is 11.6 Å². The molecule has 132 valence electrons. The van der Waals surface area contributed by atoms with E-state index in [4.69, 9.17) is 4.42 Å². The quantitative estimate of drug-likeness (QED) is 0.705. The van der Waals surface area contributed by atoms with Gasteiger partial charge in [-0.1, -0.05) is 6.07 Å². The Hall–Kier alpha value is -2.90. The van der Waals surface area contributed by atoms with Crippen LogP contribution in [0.25, 0.3) is 11.1 Å². The molecule has 0 aliphatic carbocycles. The van der Waals surface area contributed by atoms with Crippen LogP contribution in [-0.2, 0) is 16.0 Å². The smallest absolute Gasteiger partial charge is 0.322 e. The third-order valence-corrected chi connectivity index (χ3v) is 3.99. The summed E-state index contributed by atoms with van der Waals surface area (Å²) in [5, 5.41) is 7.39. The first-order chi connectivity index (χ1) is 12.0. The number of aromatic nitrogens is 1. The first-order valence-electron chi connectivity index (χ1n) is 8.25. The normalized spacial score (nSPS) is 17.7. The highest BCUT2D eigenvalue weighted by Gasteiger charge is 2.25. The minimum atomic E-state index is -0.696. The van der Waals surface area contributed by atoms with Gasteiger partial charge in [-0.2, -0.15) is 0 Å². The van der Waals surface area contributed by atoms with Crippen molar-refractivity contribution in [1.29, 1.82) is 0 Å². The number of amides is 4. The summed E-state index contributed by atoms with van der Waals surface area (Å²) >= 11 is 0. The van der Waals surface area contributed by atoms with Gasteiger partial charge in [0, 0.05) is 19.4 Å². The van der Waals surface area contributed by atoms with Crippen LogP contribution in [0.15, 0.2) is 22.6 Å². The van der Waals surface area contributed by atoms with Crippen LogP contribution < -0.4 is 16.0 Å². The summed E-state index contributed by atoms with van der Waals surface area (Å²) in [6.45, 7) is 2.43. The lowest BCUT2D eigenvalue weighted by Gasteiger charge is -2.14. The molecule has 1 aromatic heterocycles. The molecule has 0 spiro atoms. The number of hydrogen-bond acceptors (Lipinski definition) is 5. The van der Waals surface area contributed by atoms with Crippen molar-refractivity contribution < 1.29 is 18.8 Å². The summed E-state index contributed by atoms with van der Waals surface area (Å²) in [4.78, 5) is 39.1. The average molecular weight is 344 g/mol. The Morgan fingerprint density at radius 3 is 3.08 bits per heavy atom. The van der Waals surface area contributed by atoms with Crippen LogP contribution in [0.5, 0.6) is 0 Å². The van der Waals surface area contributed by atoms with E-state index in [9.17, 15) is 14.4 Å². The van der Waals surface area contributed by atoms with Gasteiger partial charge < -0.3 is 15.1 Å². The van der Waals surface area contributed by atoms with E-state index in [2.05, 4.69) is 20.9 Å². The molecular formula is C17H20N4O4. The molecule has 0 radical (unpaired) electrons. The summed E-state index contributed by atoms with van der Waals surface area (Å²) < 4.78 is 5.69. The van der Waals surface area contributed by atoms with Crippen molar-refractivity contribution in [2.45, 2.75) is 38.6 Å². The number of hydrogen-bond donors (Lipinski definition) is 3. The molecule has 1 aromatic carbocycles. The van der Waals surface area contributed by atoms with Crippen molar-refractivity contribution in [2.24, 2.45) is 0 Å². The first-order valence-corrected chi connectivity index (χ1v) is 8.25. The Balaban J connectivity index is 1.46. The van der Waals surface area contributed by atoms with Crippen molar-refractivity contribution in [3.8, 4) is 0 Å². The lowest BCUT2D eigenvalue weighted by Crippen LogP contribution is -2.48. The molecule has 0 saturated carbocycles. The van der Waals surface area contributed by atoms with Gasteiger partial charge in [-0.15, -0.1) is 0 Å². The maximum atomic E-state index is 12.1. The van der Waals surface area contributed by atoms with Gasteiger partial charge in [0.05, 0.1) is 0 Å². The zero-order valence-corrected chi connectivity index (χ0v) is 13.9. The third kappa shape index (κ3) is 4.34. The number of nitrogens with zero attached hydrogens (tertiary/aromatic N) is 1. The van der Waals surface area contributed by atoms with Crippen molar-refractivity contribution in [3.63, 3.8) is 0 Å². The van der Waals surface area contributed by atoms with Gasteiger partial charge >= 0.3 is 6.03 Å². The highest BCUT2D eigenvalue weighted by molar-refractivity contribution is 5.98. The van der Waals surface area contributed by atoms with E-state index in [0.29, 0.717) is 25.3 Å². The predicted octanol–water partition coefficient (Wildman–Crippen LogP) is 1.17. The summed E-state index contributed by atoms with van der Waals surface area (Å²) in [5.41, 5.74) is 2.70. The lowest BCUT2D eigenvalue weighted by atomic mass is 10.1. The number of nitrogens with one attached hydrogen (secondary N) is 3. The Morgan fingerprint density at radius 1 is 1.40 bits per heavy atom. The van der Waals surface area contributed by atoms with Crippen LogP contribution in [0.1, 0.15) is 30.7 Å². The lowest BCUT2D eigenvalue weighted by molar-refractivity contribution is -0.123. The Bertz CT molecular complexity index is 814. The van der Waals surface area contributed by atoms with Gasteiger partial charge in [-0.05, 0) is 37.5 Å².